The van der Waals surface area contributed by atoms with Crippen LogP contribution in [0.4, 0.5) is 6.01 Å². The summed E-state index contributed by atoms with van der Waals surface area (Å²) >= 11 is 0. The molecular formula is C11H12N2O2. The molecule has 1 aromatic carbocycles. The molecule has 0 fully saturated rings. The fourth-order valence-electron chi connectivity index (χ4n) is 1.32. The van der Waals surface area contributed by atoms with Gasteiger partial charge in [0.2, 0.25) is 0 Å². The maximum absolute atomic E-state index is 9.57. The highest BCUT2D eigenvalue weighted by Gasteiger charge is 2.12. The summed E-state index contributed by atoms with van der Waals surface area (Å²) in [7, 11) is 0. The van der Waals surface area contributed by atoms with Gasteiger partial charge in [0, 0.05) is 12.1 Å². The van der Waals surface area contributed by atoms with Crippen LogP contribution in [-0.2, 0) is 0 Å². The van der Waals surface area contributed by atoms with Gasteiger partial charge in [-0.05, 0) is 6.92 Å². The smallest absolute Gasteiger partial charge is 0.298 e. The molecule has 0 saturated heterocycles. The molecule has 2 N–H and O–H groups in total. The van der Waals surface area contributed by atoms with Gasteiger partial charge in [-0.3, -0.25) is 0 Å². The number of oxazole rings is 1. The fraction of sp³-hybridized carbons (Fsp3) is 0.182. The number of nitrogens with zero attached hydrogens (tertiary/aromatic N) is 1. The lowest BCUT2D eigenvalue weighted by atomic mass is 10.2. The van der Waals surface area contributed by atoms with Gasteiger partial charge in [-0.25, -0.2) is 0 Å². The average Bonchev–Trinajstić information content (AvgIpc) is 2.61. The van der Waals surface area contributed by atoms with Crippen LogP contribution in [0, 0.1) is 0 Å². The van der Waals surface area contributed by atoms with E-state index < -0.39 is 0 Å². The molecule has 4 nitrogen and oxygen atoms in total. The second-order valence-electron chi connectivity index (χ2n) is 3.07. The monoisotopic (exact) mass is 204 g/mol. The third-order valence-corrected chi connectivity index (χ3v) is 1.97. The van der Waals surface area contributed by atoms with Gasteiger partial charge in [0.15, 0.2) is 5.76 Å². The molecule has 2 rings (SSSR count). The summed E-state index contributed by atoms with van der Waals surface area (Å²) in [6.45, 7) is 2.64. The highest BCUT2D eigenvalue weighted by molar-refractivity contribution is 5.63. The zero-order chi connectivity index (χ0) is 10.7. The van der Waals surface area contributed by atoms with E-state index in [-0.39, 0.29) is 5.88 Å². The van der Waals surface area contributed by atoms with Gasteiger partial charge in [-0.1, -0.05) is 30.3 Å². The van der Waals surface area contributed by atoms with Crippen molar-refractivity contribution >= 4 is 6.01 Å². The molecule has 0 aliphatic carbocycles. The van der Waals surface area contributed by atoms with Gasteiger partial charge in [0.05, 0.1) is 0 Å². The molecule has 0 saturated carbocycles. The number of rotatable bonds is 3. The van der Waals surface area contributed by atoms with Gasteiger partial charge >= 0.3 is 0 Å². The third kappa shape index (κ3) is 1.93. The van der Waals surface area contributed by atoms with E-state index in [1.807, 2.05) is 37.3 Å². The third-order valence-electron chi connectivity index (χ3n) is 1.97. The Morgan fingerprint density at radius 1 is 1.33 bits per heavy atom. The SMILES string of the molecule is CCNc1nc(O)c(-c2ccccc2)o1. The lowest BCUT2D eigenvalue weighted by Crippen LogP contribution is -1.95. The largest absolute Gasteiger partial charge is 0.490 e. The van der Waals surface area contributed by atoms with Crippen LogP contribution in [0.2, 0.25) is 0 Å². The molecule has 0 atom stereocenters. The van der Waals surface area contributed by atoms with Crippen LogP contribution in [0.1, 0.15) is 6.92 Å². The Hall–Kier alpha value is -1.97. The van der Waals surface area contributed by atoms with Crippen LogP contribution in [0.25, 0.3) is 11.3 Å². The van der Waals surface area contributed by atoms with E-state index in [1.54, 1.807) is 0 Å². The first-order valence-corrected chi connectivity index (χ1v) is 4.80. The van der Waals surface area contributed by atoms with Crippen molar-refractivity contribution in [1.29, 1.82) is 0 Å². The van der Waals surface area contributed by atoms with Crippen LogP contribution in [0.15, 0.2) is 34.7 Å². The Labute approximate surface area is 87.6 Å². The second-order valence-corrected chi connectivity index (χ2v) is 3.07. The summed E-state index contributed by atoms with van der Waals surface area (Å²) in [5.41, 5.74) is 0.812. The molecule has 0 spiro atoms. The lowest BCUT2D eigenvalue weighted by molar-refractivity contribution is 0.453. The van der Waals surface area contributed by atoms with Crippen LogP contribution < -0.4 is 5.32 Å². The highest BCUT2D eigenvalue weighted by Crippen LogP contribution is 2.31. The number of nitrogens with one attached hydrogen (secondary N) is 1. The molecular weight excluding hydrogens is 192 g/mol. The highest BCUT2D eigenvalue weighted by atomic mass is 16.4. The van der Waals surface area contributed by atoms with Crippen molar-refractivity contribution in [2.75, 3.05) is 11.9 Å². The molecule has 4 heteroatoms. The van der Waals surface area contributed by atoms with Crippen molar-refractivity contribution in [3.63, 3.8) is 0 Å². The molecule has 15 heavy (non-hydrogen) atoms. The first-order chi connectivity index (χ1) is 7.31. The quantitative estimate of drug-likeness (QED) is 0.806. The molecule has 0 unspecified atom stereocenters. The first kappa shape index (κ1) is 9.58. The van der Waals surface area contributed by atoms with Gasteiger partial charge in [0.25, 0.3) is 11.9 Å². The summed E-state index contributed by atoms with van der Waals surface area (Å²) in [6, 6.07) is 9.72. The molecule has 2 aromatic rings. The summed E-state index contributed by atoms with van der Waals surface area (Å²) in [5.74, 6) is 0.309. The van der Waals surface area contributed by atoms with Crippen molar-refractivity contribution < 1.29 is 9.52 Å². The number of benzene rings is 1. The predicted octanol–water partition coefficient (Wildman–Crippen LogP) is 2.48. The van der Waals surface area contributed by atoms with Crippen LogP contribution >= 0.6 is 0 Å². The van der Waals surface area contributed by atoms with Gasteiger partial charge in [-0.2, -0.15) is 4.98 Å². The zero-order valence-electron chi connectivity index (χ0n) is 8.40. The van der Waals surface area contributed by atoms with E-state index in [1.165, 1.54) is 0 Å². The van der Waals surface area contributed by atoms with E-state index in [2.05, 4.69) is 10.3 Å². The summed E-state index contributed by atoms with van der Waals surface area (Å²) in [4.78, 5) is 3.85. The predicted molar refractivity (Wildman–Crippen MR) is 57.8 cm³/mol. The number of aromatic hydroxyl groups is 1. The number of hydrogen-bond donors (Lipinski definition) is 2. The maximum atomic E-state index is 9.57. The minimum Gasteiger partial charge on any atom is -0.490 e. The Bertz CT molecular complexity index is 437. The van der Waals surface area contributed by atoms with Crippen molar-refractivity contribution in [1.82, 2.24) is 4.98 Å². The van der Waals surface area contributed by atoms with Crippen molar-refractivity contribution in [3.8, 4) is 17.2 Å². The Morgan fingerprint density at radius 2 is 2.07 bits per heavy atom. The van der Waals surface area contributed by atoms with E-state index in [4.69, 9.17) is 4.42 Å². The number of aromatic nitrogens is 1. The Morgan fingerprint density at radius 3 is 2.73 bits per heavy atom. The van der Waals surface area contributed by atoms with E-state index >= 15 is 0 Å². The van der Waals surface area contributed by atoms with Crippen LogP contribution in [-0.4, -0.2) is 16.6 Å². The molecule has 1 heterocycles. The molecule has 0 bridgehead atoms. The van der Waals surface area contributed by atoms with E-state index in [0.29, 0.717) is 18.3 Å². The van der Waals surface area contributed by atoms with Crippen LogP contribution in [0.3, 0.4) is 0 Å². The van der Waals surface area contributed by atoms with Gasteiger partial charge in [0.1, 0.15) is 0 Å². The summed E-state index contributed by atoms with van der Waals surface area (Å²) < 4.78 is 5.37. The average molecular weight is 204 g/mol. The minimum absolute atomic E-state index is 0.0860. The van der Waals surface area contributed by atoms with Crippen molar-refractivity contribution in [2.24, 2.45) is 0 Å². The lowest BCUT2D eigenvalue weighted by Gasteiger charge is -1.95. The Balaban J connectivity index is 2.36. The molecule has 0 aliphatic rings. The summed E-state index contributed by atoms with van der Waals surface area (Å²) in [5, 5.41) is 12.5. The molecule has 0 amide bonds. The maximum Gasteiger partial charge on any atom is 0.298 e. The van der Waals surface area contributed by atoms with Gasteiger partial charge < -0.3 is 14.8 Å². The molecule has 0 radical (unpaired) electrons. The standard InChI is InChI=1S/C11H12N2O2/c1-2-12-11-13-10(14)9(15-11)8-6-4-3-5-7-8/h3-7,14H,2H2,1H3,(H,12,13). The van der Waals surface area contributed by atoms with E-state index in [0.717, 1.165) is 5.56 Å². The Kier molecular flexibility index (Phi) is 2.58. The van der Waals surface area contributed by atoms with Gasteiger partial charge in [-0.15, -0.1) is 0 Å². The van der Waals surface area contributed by atoms with Crippen LogP contribution in [0.5, 0.6) is 5.88 Å². The first-order valence-electron chi connectivity index (χ1n) is 4.80. The zero-order valence-corrected chi connectivity index (χ0v) is 8.40. The van der Waals surface area contributed by atoms with Crippen molar-refractivity contribution in [2.45, 2.75) is 6.92 Å². The minimum atomic E-state index is -0.0860. The molecule has 0 aliphatic heterocycles. The molecule has 1 aromatic heterocycles. The summed E-state index contributed by atoms with van der Waals surface area (Å²) in [6.07, 6.45) is 0. The second kappa shape index (κ2) is 4.04. The van der Waals surface area contributed by atoms with E-state index in [9.17, 15) is 5.11 Å². The van der Waals surface area contributed by atoms with Crippen molar-refractivity contribution in [3.05, 3.63) is 30.3 Å². The topological polar surface area (TPSA) is 58.3 Å². The normalized spacial score (nSPS) is 10.2. The fourth-order valence-corrected chi connectivity index (χ4v) is 1.32. The molecule has 78 valence electrons. The number of anilines is 1. The number of hydrogen-bond acceptors (Lipinski definition) is 4.